The molecule has 0 aromatic rings. The van der Waals surface area contributed by atoms with Crippen LogP contribution in [0, 0.1) is 5.41 Å². The Balaban J connectivity index is 4.03. The second kappa shape index (κ2) is 3.32. The third-order valence-electron chi connectivity index (χ3n) is 1.67. The first-order valence-corrected chi connectivity index (χ1v) is 3.39. The second-order valence-corrected chi connectivity index (χ2v) is 3.33. The molecule has 0 aromatic heterocycles. The van der Waals surface area contributed by atoms with Crippen LogP contribution in [-0.4, -0.2) is 34.1 Å². The normalized spacial score (nSPS) is 18.6. The summed E-state index contributed by atoms with van der Waals surface area (Å²) in [4.78, 5) is 0. The van der Waals surface area contributed by atoms with E-state index in [-0.39, 0.29) is 6.61 Å². The fraction of sp³-hybridized carbons (Fsp3) is 1.00. The molecule has 0 bridgehead atoms. The van der Waals surface area contributed by atoms with E-state index in [0.717, 1.165) is 0 Å². The minimum Gasteiger partial charge on any atom is -0.396 e. The summed E-state index contributed by atoms with van der Waals surface area (Å²) < 4.78 is 0. The summed E-state index contributed by atoms with van der Waals surface area (Å²) >= 11 is 0. The van der Waals surface area contributed by atoms with Crippen LogP contribution in [0.1, 0.15) is 20.8 Å². The molecule has 0 saturated carbocycles. The highest BCUT2D eigenvalue weighted by Crippen LogP contribution is 2.21. The summed E-state index contributed by atoms with van der Waals surface area (Å²) in [5.41, 5.74) is -0.617. The van der Waals surface area contributed by atoms with Crippen molar-refractivity contribution in [3.63, 3.8) is 0 Å². The van der Waals surface area contributed by atoms with Gasteiger partial charge < -0.3 is 15.3 Å². The molecule has 2 atom stereocenters. The van der Waals surface area contributed by atoms with Crippen LogP contribution in [0.4, 0.5) is 0 Å². The maximum atomic E-state index is 9.24. The van der Waals surface area contributed by atoms with Gasteiger partial charge in [0.2, 0.25) is 0 Å². The molecule has 0 aromatic carbocycles. The molecule has 0 fully saturated rings. The van der Waals surface area contributed by atoms with Gasteiger partial charge in [0, 0.05) is 5.41 Å². The molecular weight excluding hydrogens is 132 g/mol. The molecule has 10 heavy (non-hydrogen) atoms. The first-order valence-electron chi connectivity index (χ1n) is 3.39. The quantitative estimate of drug-likeness (QED) is 0.517. The molecule has 0 aliphatic carbocycles. The highest BCUT2D eigenvalue weighted by molar-refractivity contribution is 4.80. The van der Waals surface area contributed by atoms with Crippen molar-refractivity contribution >= 4 is 0 Å². The van der Waals surface area contributed by atoms with Crippen molar-refractivity contribution in [2.75, 3.05) is 6.61 Å². The number of aliphatic hydroxyl groups excluding tert-OH is 3. The first kappa shape index (κ1) is 9.88. The zero-order valence-electron chi connectivity index (χ0n) is 6.70. The molecule has 0 amide bonds. The topological polar surface area (TPSA) is 60.7 Å². The Bertz CT molecular complexity index is 99.0. The molecule has 0 aliphatic heterocycles. The molecule has 3 heteroatoms. The summed E-state index contributed by atoms with van der Waals surface area (Å²) in [5.74, 6) is 0. The van der Waals surface area contributed by atoms with Gasteiger partial charge in [-0.3, -0.25) is 0 Å². The Morgan fingerprint density at radius 1 is 1.30 bits per heavy atom. The summed E-state index contributed by atoms with van der Waals surface area (Å²) in [6.45, 7) is 4.77. The van der Waals surface area contributed by atoms with E-state index in [9.17, 15) is 5.11 Å². The maximum Gasteiger partial charge on any atom is 0.0868 e. The monoisotopic (exact) mass is 148 g/mol. The van der Waals surface area contributed by atoms with Gasteiger partial charge >= 0.3 is 0 Å². The highest BCUT2D eigenvalue weighted by atomic mass is 16.3. The average Bonchev–Trinajstić information content (AvgIpc) is 1.86. The van der Waals surface area contributed by atoms with E-state index in [1.165, 1.54) is 6.92 Å². The smallest absolute Gasteiger partial charge is 0.0868 e. The van der Waals surface area contributed by atoms with Crippen LogP contribution in [0.5, 0.6) is 0 Å². The Labute approximate surface area is 61.3 Å². The van der Waals surface area contributed by atoms with Crippen LogP contribution in [0.15, 0.2) is 0 Å². The molecule has 0 rings (SSSR count). The highest BCUT2D eigenvalue weighted by Gasteiger charge is 2.30. The Kier molecular flexibility index (Phi) is 3.28. The third kappa shape index (κ3) is 2.25. The van der Waals surface area contributed by atoms with E-state index in [2.05, 4.69) is 0 Å². The fourth-order valence-electron chi connectivity index (χ4n) is 0.746. The van der Waals surface area contributed by atoms with E-state index in [1.54, 1.807) is 13.8 Å². The van der Waals surface area contributed by atoms with Crippen molar-refractivity contribution < 1.29 is 15.3 Å². The zero-order valence-corrected chi connectivity index (χ0v) is 6.70. The standard InChI is InChI=1S/C7H16O3/c1-5(9)6(10)7(2,3)4-8/h5-6,8-10H,4H2,1-3H3. The van der Waals surface area contributed by atoms with Crippen LogP contribution in [0.2, 0.25) is 0 Å². The Morgan fingerprint density at radius 3 is 1.80 bits per heavy atom. The van der Waals surface area contributed by atoms with Crippen LogP contribution in [-0.2, 0) is 0 Å². The van der Waals surface area contributed by atoms with E-state index in [0.29, 0.717) is 0 Å². The predicted molar refractivity (Wildman–Crippen MR) is 38.6 cm³/mol. The van der Waals surface area contributed by atoms with Crippen molar-refractivity contribution in [2.24, 2.45) is 5.41 Å². The molecule has 0 saturated heterocycles. The maximum absolute atomic E-state index is 9.24. The minimum absolute atomic E-state index is 0.126. The van der Waals surface area contributed by atoms with Gasteiger partial charge in [-0.15, -0.1) is 0 Å². The van der Waals surface area contributed by atoms with Crippen LogP contribution >= 0.6 is 0 Å². The molecular formula is C7H16O3. The third-order valence-corrected chi connectivity index (χ3v) is 1.67. The Hall–Kier alpha value is -0.120. The lowest BCUT2D eigenvalue weighted by Gasteiger charge is -2.29. The van der Waals surface area contributed by atoms with Gasteiger partial charge in [-0.2, -0.15) is 0 Å². The lowest BCUT2D eigenvalue weighted by Crippen LogP contribution is -2.40. The van der Waals surface area contributed by atoms with Crippen LogP contribution < -0.4 is 0 Å². The molecule has 0 radical (unpaired) electrons. The summed E-state index contributed by atoms with van der Waals surface area (Å²) in [5, 5.41) is 26.9. The molecule has 0 heterocycles. The van der Waals surface area contributed by atoms with E-state index in [1.807, 2.05) is 0 Å². The van der Waals surface area contributed by atoms with Gasteiger partial charge in [-0.05, 0) is 6.92 Å². The summed E-state index contributed by atoms with van der Waals surface area (Å²) in [7, 11) is 0. The van der Waals surface area contributed by atoms with Crippen molar-refractivity contribution in [2.45, 2.75) is 33.0 Å². The van der Waals surface area contributed by atoms with Crippen molar-refractivity contribution in [1.82, 2.24) is 0 Å². The molecule has 62 valence electrons. The van der Waals surface area contributed by atoms with Gasteiger partial charge in [0.1, 0.15) is 0 Å². The summed E-state index contributed by atoms with van der Waals surface area (Å²) in [6.07, 6.45) is -1.65. The SMILES string of the molecule is CC(O)C(O)C(C)(C)CO. The molecule has 0 spiro atoms. The number of hydrogen-bond acceptors (Lipinski definition) is 3. The van der Waals surface area contributed by atoms with Crippen LogP contribution in [0.25, 0.3) is 0 Å². The predicted octanol–water partition coefficient (Wildman–Crippen LogP) is -0.253. The first-order chi connectivity index (χ1) is 4.41. The minimum atomic E-state index is -0.863. The van der Waals surface area contributed by atoms with Gasteiger partial charge in [0.25, 0.3) is 0 Å². The number of hydrogen-bond donors (Lipinski definition) is 3. The number of rotatable bonds is 3. The fourth-order valence-corrected chi connectivity index (χ4v) is 0.746. The van der Waals surface area contributed by atoms with Crippen molar-refractivity contribution in [3.8, 4) is 0 Å². The molecule has 3 N–H and O–H groups in total. The van der Waals surface area contributed by atoms with Gasteiger partial charge in [0.05, 0.1) is 18.8 Å². The summed E-state index contributed by atoms with van der Waals surface area (Å²) in [6, 6.07) is 0. The lowest BCUT2D eigenvalue weighted by atomic mass is 9.85. The Morgan fingerprint density at radius 2 is 1.70 bits per heavy atom. The van der Waals surface area contributed by atoms with E-state index < -0.39 is 17.6 Å². The van der Waals surface area contributed by atoms with Gasteiger partial charge in [0.15, 0.2) is 0 Å². The zero-order chi connectivity index (χ0) is 8.36. The van der Waals surface area contributed by atoms with Crippen LogP contribution in [0.3, 0.4) is 0 Å². The second-order valence-electron chi connectivity index (χ2n) is 3.33. The molecule has 0 aliphatic rings. The van der Waals surface area contributed by atoms with Crippen molar-refractivity contribution in [1.29, 1.82) is 0 Å². The largest absolute Gasteiger partial charge is 0.396 e. The molecule has 2 unspecified atom stereocenters. The van der Waals surface area contributed by atoms with Gasteiger partial charge in [-0.25, -0.2) is 0 Å². The molecule has 3 nitrogen and oxygen atoms in total. The number of aliphatic hydroxyl groups is 3. The van der Waals surface area contributed by atoms with E-state index in [4.69, 9.17) is 10.2 Å². The van der Waals surface area contributed by atoms with E-state index >= 15 is 0 Å². The lowest BCUT2D eigenvalue weighted by molar-refractivity contribution is -0.0633. The van der Waals surface area contributed by atoms with Gasteiger partial charge in [-0.1, -0.05) is 13.8 Å². The van der Waals surface area contributed by atoms with Crippen molar-refractivity contribution in [3.05, 3.63) is 0 Å². The average molecular weight is 148 g/mol.